The summed E-state index contributed by atoms with van der Waals surface area (Å²) in [6.45, 7) is 3.53. The Labute approximate surface area is 204 Å². The van der Waals surface area contributed by atoms with E-state index in [2.05, 4.69) is 25.7 Å². The highest BCUT2D eigenvalue weighted by atomic mass is 32.2. The van der Waals surface area contributed by atoms with E-state index in [0.717, 1.165) is 85.7 Å². The Bertz CT molecular complexity index is 1090. The summed E-state index contributed by atoms with van der Waals surface area (Å²) in [5.74, 6) is 2.85. The van der Waals surface area contributed by atoms with E-state index in [4.69, 9.17) is 9.47 Å². The maximum absolute atomic E-state index is 13.6. The molecule has 6 nitrogen and oxygen atoms in total. The van der Waals surface area contributed by atoms with Crippen molar-refractivity contribution in [2.24, 2.45) is 0 Å². The minimum atomic E-state index is -0.174. The summed E-state index contributed by atoms with van der Waals surface area (Å²) in [6, 6.07) is 15.0. The van der Waals surface area contributed by atoms with Gasteiger partial charge in [0.05, 0.1) is 18.9 Å². The molecular weight excluding hydrogens is 451 g/mol. The molecule has 0 bridgehead atoms. The number of nitrogens with zero attached hydrogens (tertiary/aromatic N) is 4. The summed E-state index contributed by atoms with van der Waals surface area (Å²) < 4.78 is 27.1. The van der Waals surface area contributed by atoms with E-state index in [1.54, 1.807) is 31.0 Å². The molecule has 1 aromatic heterocycles. The molecule has 2 saturated heterocycles. The van der Waals surface area contributed by atoms with Gasteiger partial charge in [0.15, 0.2) is 5.16 Å². The van der Waals surface area contributed by atoms with Crippen LogP contribution in [0.15, 0.2) is 53.7 Å². The van der Waals surface area contributed by atoms with Crippen molar-refractivity contribution in [3.8, 4) is 11.4 Å². The Morgan fingerprint density at radius 3 is 2.71 bits per heavy atom. The molecule has 180 valence electrons. The second-order valence-electron chi connectivity index (χ2n) is 9.00. The third-order valence-electron chi connectivity index (χ3n) is 6.64. The fourth-order valence-corrected chi connectivity index (χ4v) is 5.84. The normalized spacial score (nSPS) is 19.5. The largest absolute Gasteiger partial charge is 0.497 e. The van der Waals surface area contributed by atoms with Crippen LogP contribution >= 0.6 is 11.8 Å². The van der Waals surface area contributed by atoms with Gasteiger partial charge >= 0.3 is 0 Å². The number of rotatable bonds is 8. The summed E-state index contributed by atoms with van der Waals surface area (Å²) in [6.07, 6.45) is 4.52. The Morgan fingerprint density at radius 1 is 1.09 bits per heavy atom. The average molecular weight is 483 g/mol. The number of hydrogen-bond acceptors (Lipinski definition) is 6. The van der Waals surface area contributed by atoms with Crippen molar-refractivity contribution < 1.29 is 13.9 Å². The second-order valence-corrected chi connectivity index (χ2v) is 9.99. The first-order valence-corrected chi connectivity index (χ1v) is 13.0. The minimum absolute atomic E-state index is 0.174. The molecule has 3 aromatic rings. The van der Waals surface area contributed by atoms with Crippen LogP contribution in [0.2, 0.25) is 0 Å². The maximum atomic E-state index is 13.6. The fraction of sp³-hybridized carbons (Fsp3) is 0.462. The summed E-state index contributed by atoms with van der Waals surface area (Å²) in [4.78, 5) is 2.39. The lowest BCUT2D eigenvalue weighted by atomic mass is 9.95. The summed E-state index contributed by atoms with van der Waals surface area (Å²) >= 11 is 1.72. The molecular formula is C26H31FN4O2S. The van der Waals surface area contributed by atoms with Gasteiger partial charge in [0, 0.05) is 30.9 Å². The Kier molecular flexibility index (Phi) is 7.47. The summed E-state index contributed by atoms with van der Waals surface area (Å²) in [5.41, 5.74) is 2.04. The SMILES string of the molecule is COc1cccc(-n2c(SCC3CCCO3)nnc2C2CCN(Cc3cccc(F)c3)CC2)c1. The molecule has 8 heteroatoms. The predicted molar refractivity (Wildman–Crippen MR) is 131 cm³/mol. The van der Waals surface area contributed by atoms with Crippen molar-refractivity contribution in [3.63, 3.8) is 0 Å². The molecule has 2 aliphatic heterocycles. The zero-order valence-corrected chi connectivity index (χ0v) is 20.3. The highest BCUT2D eigenvalue weighted by molar-refractivity contribution is 7.99. The van der Waals surface area contributed by atoms with Gasteiger partial charge < -0.3 is 9.47 Å². The number of methoxy groups -OCH3 is 1. The number of benzene rings is 2. The summed E-state index contributed by atoms with van der Waals surface area (Å²) in [7, 11) is 1.69. The van der Waals surface area contributed by atoms with Gasteiger partial charge in [-0.2, -0.15) is 0 Å². The van der Waals surface area contributed by atoms with E-state index >= 15 is 0 Å². The molecule has 3 heterocycles. The van der Waals surface area contributed by atoms with Crippen molar-refractivity contribution in [1.82, 2.24) is 19.7 Å². The van der Waals surface area contributed by atoms with E-state index in [1.165, 1.54) is 6.07 Å². The van der Waals surface area contributed by atoms with Gasteiger partial charge in [0.2, 0.25) is 0 Å². The smallest absolute Gasteiger partial charge is 0.195 e. The molecule has 2 fully saturated rings. The van der Waals surface area contributed by atoms with Gasteiger partial charge in [0.25, 0.3) is 0 Å². The van der Waals surface area contributed by atoms with E-state index < -0.39 is 0 Å². The molecule has 2 aromatic carbocycles. The molecule has 5 rings (SSSR count). The third kappa shape index (κ3) is 5.45. The standard InChI is InChI=1S/C26H31FN4O2S/c1-32-23-8-3-7-22(16-23)31-25(28-29-26(31)34-18-24-9-4-14-33-24)20-10-12-30(13-11-20)17-19-5-2-6-21(27)15-19/h2-3,5-8,15-16,20,24H,4,9-14,17-18H2,1H3. The van der Waals surface area contributed by atoms with E-state index in [9.17, 15) is 4.39 Å². The molecule has 1 atom stereocenters. The van der Waals surface area contributed by atoms with Crippen molar-refractivity contribution in [1.29, 1.82) is 0 Å². The molecule has 2 aliphatic rings. The molecule has 0 spiro atoms. The van der Waals surface area contributed by atoms with Gasteiger partial charge in [-0.05, 0) is 68.6 Å². The molecule has 0 amide bonds. The number of ether oxygens (including phenoxy) is 2. The highest BCUT2D eigenvalue weighted by Gasteiger charge is 2.28. The first-order chi connectivity index (χ1) is 16.7. The van der Waals surface area contributed by atoms with Crippen molar-refractivity contribution in [2.45, 2.75) is 49.4 Å². The zero-order chi connectivity index (χ0) is 23.3. The Hall–Kier alpha value is -2.42. The van der Waals surface area contributed by atoms with Crippen LogP contribution in [0.3, 0.4) is 0 Å². The minimum Gasteiger partial charge on any atom is -0.497 e. The number of thioether (sulfide) groups is 1. The summed E-state index contributed by atoms with van der Waals surface area (Å²) in [5, 5.41) is 10.2. The van der Waals surface area contributed by atoms with E-state index in [-0.39, 0.29) is 11.9 Å². The van der Waals surface area contributed by atoms with Crippen LogP contribution in [0.5, 0.6) is 5.75 Å². The van der Waals surface area contributed by atoms with Crippen LogP contribution in [0, 0.1) is 5.82 Å². The van der Waals surface area contributed by atoms with Crippen molar-refractivity contribution in [2.75, 3.05) is 32.6 Å². The van der Waals surface area contributed by atoms with Crippen LogP contribution in [0.25, 0.3) is 5.69 Å². The Balaban J connectivity index is 1.33. The van der Waals surface area contributed by atoms with Crippen molar-refractivity contribution >= 4 is 11.8 Å². The topological polar surface area (TPSA) is 52.4 Å². The van der Waals surface area contributed by atoms with Crippen molar-refractivity contribution in [3.05, 3.63) is 65.7 Å². The lowest BCUT2D eigenvalue weighted by molar-refractivity contribution is 0.129. The number of hydrogen-bond donors (Lipinski definition) is 0. The molecule has 1 unspecified atom stereocenters. The monoisotopic (exact) mass is 482 g/mol. The first-order valence-electron chi connectivity index (χ1n) is 12.0. The van der Waals surface area contributed by atoms with Gasteiger partial charge in [-0.25, -0.2) is 4.39 Å². The number of halogens is 1. The van der Waals surface area contributed by atoms with Crippen LogP contribution in [-0.2, 0) is 11.3 Å². The number of aromatic nitrogens is 3. The lowest BCUT2D eigenvalue weighted by Crippen LogP contribution is -2.33. The van der Waals surface area contributed by atoms with Gasteiger partial charge in [-0.3, -0.25) is 9.47 Å². The molecule has 34 heavy (non-hydrogen) atoms. The van der Waals surface area contributed by atoms with Crippen LogP contribution < -0.4 is 4.74 Å². The quantitative estimate of drug-likeness (QED) is 0.418. The predicted octanol–water partition coefficient (Wildman–Crippen LogP) is 5.07. The second kappa shape index (κ2) is 10.9. The fourth-order valence-electron chi connectivity index (χ4n) is 4.82. The average Bonchev–Trinajstić information content (AvgIpc) is 3.53. The van der Waals surface area contributed by atoms with Gasteiger partial charge in [-0.1, -0.05) is 30.0 Å². The lowest BCUT2D eigenvalue weighted by Gasteiger charge is -2.31. The Morgan fingerprint density at radius 2 is 1.94 bits per heavy atom. The zero-order valence-electron chi connectivity index (χ0n) is 19.5. The molecule has 0 aliphatic carbocycles. The third-order valence-corrected chi connectivity index (χ3v) is 7.70. The number of piperidine rings is 1. The maximum Gasteiger partial charge on any atom is 0.195 e. The molecule has 0 radical (unpaired) electrons. The van der Waals surface area contributed by atoms with Crippen LogP contribution in [0.1, 0.15) is 43.0 Å². The van der Waals surface area contributed by atoms with E-state index in [0.29, 0.717) is 5.92 Å². The van der Waals surface area contributed by atoms with Crippen LogP contribution in [-0.4, -0.2) is 58.3 Å². The van der Waals surface area contributed by atoms with Gasteiger partial charge in [0.1, 0.15) is 17.4 Å². The number of likely N-dealkylation sites (tertiary alicyclic amines) is 1. The molecule has 0 N–H and O–H groups in total. The van der Waals surface area contributed by atoms with Gasteiger partial charge in [-0.15, -0.1) is 10.2 Å². The van der Waals surface area contributed by atoms with E-state index in [1.807, 2.05) is 24.3 Å². The molecule has 0 saturated carbocycles. The highest BCUT2D eigenvalue weighted by Crippen LogP contribution is 2.34. The first kappa shape index (κ1) is 23.3. The van der Waals surface area contributed by atoms with Crippen LogP contribution in [0.4, 0.5) is 4.39 Å².